The number of hydrogen-bond donors (Lipinski definition) is 0. The summed E-state index contributed by atoms with van der Waals surface area (Å²) in [6.45, 7) is 6.53. The summed E-state index contributed by atoms with van der Waals surface area (Å²) in [5.41, 5.74) is 1.65. The standard InChI is InChI=1S/C17H25ClN2O/c1-19-10-15(11-21-2)17(12-19)7-8-20(13-17)9-14-5-3-4-6-16(14)18/h3-6,15H,7-13H2,1-2H3/t15-,17-/m0/s1. The molecule has 0 amide bonds. The van der Waals surface area contributed by atoms with Crippen molar-refractivity contribution in [3.05, 3.63) is 34.9 Å². The van der Waals surface area contributed by atoms with Crippen molar-refractivity contribution in [1.29, 1.82) is 0 Å². The lowest BCUT2D eigenvalue weighted by atomic mass is 9.77. The molecule has 2 atom stereocenters. The van der Waals surface area contributed by atoms with E-state index in [0.29, 0.717) is 11.3 Å². The van der Waals surface area contributed by atoms with Crippen molar-refractivity contribution in [2.24, 2.45) is 11.3 Å². The van der Waals surface area contributed by atoms with Crippen molar-refractivity contribution in [3.8, 4) is 0 Å². The molecule has 0 radical (unpaired) electrons. The number of ether oxygens (including phenoxy) is 1. The summed E-state index contributed by atoms with van der Waals surface area (Å²) in [6.07, 6.45) is 1.27. The fraction of sp³-hybridized carbons (Fsp3) is 0.647. The van der Waals surface area contributed by atoms with Gasteiger partial charge in [-0.3, -0.25) is 4.90 Å². The van der Waals surface area contributed by atoms with Crippen molar-refractivity contribution in [2.75, 3.05) is 46.9 Å². The summed E-state index contributed by atoms with van der Waals surface area (Å²) in [5.74, 6) is 0.656. The van der Waals surface area contributed by atoms with Crippen LogP contribution in [0.15, 0.2) is 24.3 Å². The van der Waals surface area contributed by atoms with Crippen molar-refractivity contribution < 1.29 is 4.74 Å². The van der Waals surface area contributed by atoms with Gasteiger partial charge in [0.25, 0.3) is 0 Å². The van der Waals surface area contributed by atoms with Crippen LogP contribution in [0, 0.1) is 11.3 Å². The molecule has 3 rings (SSSR count). The molecule has 2 saturated heterocycles. The fourth-order valence-electron chi connectivity index (χ4n) is 4.18. The number of methoxy groups -OCH3 is 1. The van der Waals surface area contributed by atoms with Gasteiger partial charge in [-0.05, 0) is 31.6 Å². The van der Waals surface area contributed by atoms with Crippen LogP contribution in [0.25, 0.3) is 0 Å². The Kier molecular flexibility index (Phi) is 4.55. The summed E-state index contributed by atoms with van der Waals surface area (Å²) < 4.78 is 5.47. The van der Waals surface area contributed by atoms with Crippen molar-refractivity contribution in [3.63, 3.8) is 0 Å². The smallest absolute Gasteiger partial charge is 0.0509 e. The fourth-order valence-corrected chi connectivity index (χ4v) is 4.38. The monoisotopic (exact) mass is 308 g/mol. The molecule has 1 aromatic carbocycles. The molecule has 21 heavy (non-hydrogen) atoms. The largest absolute Gasteiger partial charge is 0.384 e. The van der Waals surface area contributed by atoms with Gasteiger partial charge in [-0.25, -0.2) is 0 Å². The van der Waals surface area contributed by atoms with E-state index in [0.717, 1.165) is 31.3 Å². The SMILES string of the molecule is COC[C@@H]1CN(C)C[C@]12CCN(Cc1ccccc1Cl)C2. The van der Waals surface area contributed by atoms with Crippen LogP contribution in [-0.2, 0) is 11.3 Å². The van der Waals surface area contributed by atoms with Crippen LogP contribution >= 0.6 is 11.6 Å². The Balaban J connectivity index is 1.68. The second-order valence-corrected chi connectivity index (χ2v) is 7.17. The first kappa shape index (κ1) is 15.3. The first-order chi connectivity index (χ1) is 10.1. The number of benzene rings is 1. The van der Waals surface area contributed by atoms with E-state index in [2.05, 4.69) is 29.0 Å². The van der Waals surface area contributed by atoms with Gasteiger partial charge >= 0.3 is 0 Å². The molecule has 1 spiro atoms. The third kappa shape index (κ3) is 3.11. The highest BCUT2D eigenvalue weighted by molar-refractivity contribution is 6.31. The van der Waals surface area contributed by atoms with Crippen LogP contribution in [0.2, 0.25) is 5.02 Å². The Labute approximate surface area is 132 Å². The average Bonchev–Trinajstić information content (AvgIpc) is 2.98. The number of hydrogen-bond acceptors (Lipinski definition) is 3. The first-order valence-electron chi connectivity index (χ1n) is 7.76. The molecular formula is C17H25ClN2O. The number of halogens is 1. The highest BCUT2D eigenvalue weighted by Crippen LogP contribution is 2.44. The van der Waals surface area contributed by atoms with Crippen molar-refractivity contribution in [1.82, 2.24) is 9.80 Å². The average molecular weight is 309 g/mol. The Morgan fingerprint density at radius 2 is 2.14 bits per heavy atom. The topological polar surface area (TPSA) is 15.7 Å². The van der Waals surface area contributed by atoms with Gasteiger partial charge in [-0.2, -0.15) is 0 Å². The maximum absolute atomic E-state index is 6.30. The first-order valence-corrected chi connectivity index (χ1v) is 8.14. The molecule has 0 aromatic heterocycles. The van der Waals surface area contributed by atoms with Crippen LogP contribution in [-0.4, -0.2) is 56.7 Å². The normalized spacial score (nSPS) is 30.5. The van der Waals surface area contributed by atoms with Crippen molar-refractivity contribution in [2.45, 2.75) is 13.0 Å². The van der Waals surface area contributed by atoms with Crippen LogP contribution < -0.4 is 0 Å². The Bertz CT molecular complexity index is 495. The molecule has 1 aromatic rings. The van der Waals surface area contributed by atoms with E-state index in [1.165, 1.54) is 25.1 Å². The zero-order valence-electron chi connectivity index (χ0n) is 13.0. The van der Waals surface area contributed by atoms with E-state index in [1.54, 1.807) is 0 Å². The van der Waals surface area contributed by atoms with E-state index in [4.69, 9.17) is 16.3 Å². The molecule has 116 valence electrons. The minimum Gasteiger partial charge on any atom is -0.384 e. The summed E-state index contributed by atoms with van der Waals surface area (Å²) in [5, 5.41) is 0.885. The maximum Gasteiger partial charge on any atom is 0.0509 e. The van der Waals surface area contributed by atoms with Gasteiger partial charge in [-0.1, -0.05) is 29.8 Å². The molecule has 0 unspecified atom stereocenters. The molecule has 2 aliphatic heterocycles. The second-order valence-electron chi connectivity index (χ2n) is 6.76. The minimum atomic E-state index is 0.409. The molecule has 0 bridgehead atoms. The van der Waals surface area contributed by atoms with Gasteiger partial charge in [0, 0.05) is 49.6 Å². The van der Waals surface area contributed by atoms with Crippen LogP contribution in [0.5, 0.6) is 0 Å². The lowest BCUT2D eigenvalue weighted by Crippen LogP contribution is -2.36. The Hall–Kier alpha value is -0.610. The quantitative estimate of drug-likeness (QED) is 0.850. The Morgan fingerprint density at radius 1 is 1.33 bits per heavy atom. The third-order valence-electron chi connectivity index (χ3n) is 5.17. The molecule has 2 fully saturated rings. The number of rotatable bonds is 4. The van der Waals surface area contributed by atoms with Gasteiger partial charge in [0.2, 0.25) is 0 Å². The van der Waals surface area contributed by atoms with Gasteiger partial charge in [-0.15, -0.1) is 0 Å². The summed E-state index contributed by atoms with van der Waals surface area (Å²) in [7, 11) is 4.05. The molecule has 0 aliphatic carbocycles. The third-order valence-corrected chi connectivity index (χ3v) is 5.54. The van der Waals surface area contributed by atoms with Crippen LogP contribution in [0.4, 0.5) is 0 Å². The lowest BCUT2D eigenvalue weighted by molar-refractivity contribution is 0.0959. The molecule has 2 heterocycles. The predicted molar refractivity (Wildman–Crippen MR) is 86.6 cm³/mol. The van der Waals surface area contributed by atoms with Gasteiger partial charge in [0.1, 0.15) is 0 Å². The number of likely N-dealkylation sites (tertiary alicyclic amines) is 2. The zero-order valence-corrected chi connectivity index (χ0v) is 13.8. The lowest BCUT2D eigenvalue weighted by Gasteiger charge is -2.30. The molecule has 4 heteroatoms. The molecule has 0 saturated carbocycles. The van der Waals surface area contributed by atoms with E-state index in [9.17, 15) is 0 Å². The molecular weight excluding hydrogens is 284 g/mol. The van der Waals surface area contributed by atoms with E-state index >= 15 is 0 Å². The molecule has 0 N–H and O–H groups in total. The van der Waals surface area contributed by atoms with E-state index in [-0.39, 0.29) is 0 Å². The zero-order chi connectivity index (χ0) is 14.9. The van der Waals surface area contributed by atoms with Crippen LogP contribution in [0.1, 0.15) is 12.0 Å². The number of nitrogens with zero attached hydrogens (tertiary/aromatic N) is 2. The minimum absolute atomic E-state index is 0.409. The second kappa shape index (κ2) is 6.25. The van der Waals surface area contributed by atoms with Gasteiger partial charge in [0.15, 0.2) is 0 Å². The summed E-state index contributed by atoms with van der Waals surface area (Å²) in [6, 6.07) is 8.20. The van der Waals surface area contributed by atoms with E-state index in [1.807, 2.05) is 19.2 Å². The molecule has 2 aliphatic rings. The van der Waals surface area contributed by atoms with Gasteiger partial charge in [0.05, 0.1) is 6.61 Å². The highest BCUT2D eigenvalue weighted by atomic mass is 35.5. The van der Waals surface area contributed by atoms with Crippen molar-refractivity contribution >= 4 is 11.6 Å². The van der Waals surface area contributed by atoms with Crippen LogP contribution in [0.3, 0.4) is 0 Å². The predicted octanol–water partition coefficient (Wildman–Crippen LogP) is 2.74. The molecule has 3 nitrogen and oxygen atoms in total. The highest BCUT2D eigenvalue weighted by Gasteiger charge is 2.49. The summed E-state index contributed by atoms with van der Waals surface area (Å²) in [4.78, 5) is 5.02. The Morgan fingerprint density at radius 3 is 2.90 bits per heavy atom. The summed E-state index contributed by atoms with van der Waals surface area (Å²) >= 11 is 6.30. The van der Waals surface area contributed by atoms with Gasteiger partial charge < -0.3 is 9.64 Å². The maximum atomic E-state index is 6.30. The van der Waals surface area contributed by atoms with E-state index < -0.39 is 0 Å².